The summed E-state index contributed by atoms with van der Waals surface area (Å²) in [6.07, 6.45) is 0.985. The van der Waals surface area contributed by atoms with E-state index in [1.54, 1.807) is 30.3 Å². The van der Waals surface area contributed by atoms with Gasteiger partial charge < -0.3 is 24.8 Å². The van der Waals surface area contributed by atoms with Crippen LogP contribution >= 0.6 is 0 Å². The molecule has 3 N–H and O–H groups in total. The van der Waals surface area contributed by atoms with E-state index in [2.05, 4.69) is 0 Å². The molecule has 34 heavy (non-hydrogen) atoms. The van der Waals surface area contributed by atoms with Gasteiger partial charge in [-0.2, -0.15) is 0 Å². The summed E-state index contributed by atoms with van der Waals surface area (Å²) in [7, 11) is 0. The molecule has 0 bridgehead atoms. The Morgan fingerprint density at radius 1 is 1.15 bits per heavy atom. The maximum atomic E-state index is 12.4. The third-order valence-electron chi connectivity index (χ3n) is 5.63. The highest BCUT2D eigenvalue weighted by Gasteiger charge is 2.33. The summed E-state index contributed by atoms with van der Waals surface area (Å²) in [5.74, 6) is -0.147. The molecule has 10 nitrogen and oxygen atoms in total. The summed E-state index contributed by atoms with van der Waals surface area (Å²) in [5.41, 5.74) is 6.85. The lowest BCUT2D eigenvalue weighted by Gasteiger charge is -2.16. The van der Waals surface area contributed by atoms with Gasteiger partial charge in [-0.15, -0.1) is 0 Å². The van der Waals surface area contributed by atoms with E-state index in [0.29, 0.717) is 17.0 Å². The summed E-state index contributed by atoms with van der Waals surface area (Å²) >= 11 is 0. The lowest BCUT2D eigenvalue weighted by atomic mass is 10.1. The zero-order chi connectivity index (χ0) is 24.2. The van der Waals surface area contributed by atoms with Crippen molar-refractivity contribution >= 4 is 29.5 Å². The van der Waals surface area contributed by atoms with Gasteiger partial charge in [-0.05, 0) is 49.2 Å². The SMILES string of the molecule is CC(=O)Oc1cc(N2CC(COc3ccc(C(=O)N4CCCC4)cc3)OC2=O)ccc1C(=N)N. The number of carbonyl (C=O) groups excluding carboxylic acids is 3. The van der Waals surface area contributed by atoms with E-state index >= 15 is 0 Å². The number of nitrogens with zero attached hydrogens (tertiary/aromatic N) is 2. The monoisotopic (exact) mass is 466 g/mol. The van der Waals surface area contributed by atoms with Crippen molar-refractivity contribution in [3.63, 3.8) is 0 Å². The minimum absolute atomic E-state index is 0.0216. The second kappa shape index (κ2) is 9.82. The van der Waals surface area contributed by atoms with Gasteiger partial charge in [0.2, 0.25) is 0 Å². The van der Waals surface area contributed by atoms with E-state index in [-0.39, 0.29) is 36.2 Å². The number of likely N-dealkylation sites (tertiary alicyclic amines) is 1. The van der Waals surface area contributed by atoms with E-state index in [1.807, 2.05) is 4.90 Å². The van der Waals surface area contributed by atoms with Crippen molar-refractivity contribution in [2.45, 2.75) is 25.9 Å². The van der Waals surface area contributed by atoms with E-state index in [0.717, 1.165) is 25.9 Å². The standard InChI is InChI=1S/C24H26N4O6/c1-15(29)33-21-12-17(6-9-20(21)22(25)26)28-13-19(34-24(28)31)14-32-18-7-4-16(5-8-18)23(30)27-10-2-3-11-27/h4-9,12,19H,2-3,10-11,13-14H2,1H3,(H3,25,26). The van der Waals surface area contributed by atoms with Gasteiger partial charge in [0, 0.05) is 31.6 Å². The van der Waals surface area contributed by atoms with Crippen LogP contribution in [0, 0.1) is 5.41 Å². The first-order valence-corrected chi connectivity index (χ1v) is 11.0. The lowest BCUT2D eigenvalue weighted by molar-refractivity contribution is -0.131. The highest BCUT2D eigenvalue weighted by atomic mass is 16.6. The number of nitrogens with two attached hydrogens (primary N) is 1. The number of amidine groups is 1. The third kappa shape index (κ3) is 5.11. The molecule has 0 aromatic heterocycles. The van der Waals surface area contributed by atoms with Gasteiger partial charge in [-0.25, -0.2) is 4.79 Å². The maximum absolute atomic E-state index is 12.4. The molecule has 2 aliphatic heterocycles. The molecule has 0 spiro atoms. The Hall–Kier alpha value is -4.08. The number of carbonyl (C=O) groups is 3. The van der Waals surface area contributed by atoms with Gasteiger partial charge in [-0.3, -0.25) is 19.9 Å². The number of ether oxygens (including phenoxy) is 3. The highest BCUT2D eigenvalue weighted by molar-refractivity contribution is 6.00. The number of esters is 1. The van der Waals surface area contributed by atoms with Crippen LogP contribution in [-0.2, 0) is 9.53 Å². The van der Waals surface area contributed by atoms with E-state index < -0.39 is 18.2 Å². The van der Waals surface area contributed by atoms with Gasteiger partial charge in [-0.1, -0.05) is 0 Å². The molecule has 10 heteroatoms. The molecule has 2 aromatic carbocycles. The first kappa shape index (κ1) is 23.1. The van der Waals surface area contributed by atoms with Gasteiger partial charge in [0.25, 0.3) is 5.91 Å². The molecule has 2 fully saturated rings. The van der Waals surface area contributed by atoms with Crippen LogP contribution in [-0.4, -0.2) is 61.1 Å². The predicted molar refractivity (Wildman–Crippen MR) is 123 cm³/mol. The molecular formula is C24H26N4O6. The largest absolute Gasteiger partial charge is 0.490 e. The van der Waals surface area contributed by atoms with Crippen molar-refractivity contribution < 1.29 is 28.6 Å². The van der Waals surface area contributed by atoms with Crippen LogP contribution < -0.4 is 20.1 Å². The van der Waals surface area contributed by atoms with Gasteiger partial charge in [0.15, 0.2) is 6.10 Å². The fourth-order valence-corrected chi connectivity index (χ4v) is 3.95. The molecule has 2 aliphatic rings. The van der Waals surface area contributed by atoms with Crippen molar-refractivity contribution in [1.82, 2.24) is 4.90 Å². The number of benzene rings is 2. The number of hydrogen-bond acceptors (Lipinski definition) is 7. The van der Waals surface area contributed by atoms with Gasteiger partial charge >= 0.3 is 12.1 Å². The summed E-state index contributed by atoms with van der Waals surface area (Å²) in [6, 6.07) is 11.5. The molecule has 1 unspecified atom stereocenters. The van der Waals surface area contributed by atoms with E-state index in [4.69, 9.17) is 25.4 Å². The number of rotatable bonds is 7. The highest BCUT2D eigenvalue weighted by Crippen LogP contribution is 2.29. The first-order valence-electron chi connectivity index (χ1n) is 11.0. The Morgan fingerprint density at radius 3 is 2.50 bits per heavy atom. The van der Waals surface area contributed by atoms with Crippen molar-refractivity contribution in [3.05, 3.63) is 53.6 Å². The van der Waals surface area contributed by atoms with Crippen LogP contribution in [0.1, 0.15) is 35.7 Å². The summed E-state index contributed by atoms with van der Waals surface area (Å²) in [6.45, 7) is 3.18. The summed E-state index contributed by atoms with van der Waals surface area (Å²) in [4.78, 5) is 39.5. The number of amides is 2. The molecule has 1 atom stereocenters. The number of hydrogen-bond donors (Lipinski definition) is 2. The van der Waals surface area contributed by atoms with Gasteiger partial charge in [0.05, 0.1) is 17.8 Å². The number of cyclic esters (lactones) is 1. The van der Waals surface area contributed by atoms with Crippen LogP contribution in [0.3, 0.4) is 0 Å². The summed E-state index contributed by atoms with van der Waals surface area (Å²) in [5, 5.41) is 7.63. The Balaban J connectivity index is 1.37. The zero-order valence-corrected chi connectivity index (χ0v) is 18.8. The molecule has 2 saturated heterocycles. The van der Waals surface area contributed by atoms with Crippen molar-refractivity contribution in [2.75, 3.05) is 31.1 Å². The molecular weight excluding hydrogens is 440 g/mol. The second-order valence-electron chi connectivity index (χ2n) is 8.14. The van der Waals surface area contributed by atoms with Crippen molar-refractivity contribution in [2.24, 2.45) is 5.73 Å². The van der Waals surface area contributed by atoms with E-state index in [9.17, 15) is 14.4 Å². The normalized spacial score (nSPS) is 17.4. The number of nitrogens with one attached hydrogen (secondary N) is 1. The third-order valence-corrected chi connectivity index (χ3v) is 5.63. The van der Waals surface area contributed by atoms with Crippen molar-refractivity contribution in [3.8, 4) is 11.5 Å². The Kier molecular flexibility index (Phi) is 6.67. The fraction of sp³-hybridized carbons (Fsp3) is 0.333. The average molecular weight is 466 g/mol. The van der Waals surface area contributed by atoms with Crippen LogP contribution in [0.4, 0.5) is 10.5 Å². The van der Waals surface area contributed by atoms with Crippen molar-refractivity contribution in [1.29, 1.82) is 5.41 Å². The molecule has 178 valence electrons. The van der Waals surface area contributed by atoms with Crippen LogP contribution in [0.15, 0.2) is 42.5 Å². The molecule has 2 amide bonds. The molecule has 0 aliphatic carbocycles. The number of nitrogen functional groups attached to an aromatic ring is 1. The molecule has 0 saturated carbocycles. The predicted octanol–water partition coefficient (Wildman–Crippen LogP) is 2.54. The second-order valence-corrected chi connectivity index (χ2v) is 8.14. The Morgan fingerprint density at radius 2 is 1.85 bits per heavy atom. The van der Waals surface area contributed by atoms with Crippen LogP contribution in [0.5, 0.6) is 11.5 Å². The van der Waals surface area contributed by atoms with Gasteiger partial charge in [0.1, 0.15) is 23.9 Å². The summed E-state index contributed by atoms with van der Waals surface area (Å²) < 4.78 is 16.3. The lowest BCUT2D eigenvalue weighted by Crippen LogP contribution is -2.27. The smallest absolute Gasteiger partial charge is 0.414 e. The Bertz CT molecular complexity index is 1110. The number of anilines is 1. The molecule has 0 radical (unpaired) electrons. The minimum atomic E-state index is -0.567. The zero-order valence-electron chi connectivity index (χ0n) is 18.8. The molecule has 2 aromatic rings. The van der Waals surface area contributed by atoms with Crippen LogP contribution in [0.25, 0.3) is 0 Å². The minimum Gasteiger partial charge on any atom is -0.490 e. The van der Waals surface area contributed by atoms with Crippen LogP contribution in [0.2, 0.25) is 0 Å². The topological polar surface area (TPSA) is 135 Å². The maximum Gasteiger partial charge on any atom is 0.414 e. The first-order chi connectivity index (χ1) is 16.3. The fourth-order valence-electron chi connectivity index (χ4n) is 3.95. The molecule has 4 rings (SSSR count). The average Bonchev–Trinajstić information content (AvgIpc) is 3.47. The quantitative estimate of drug-likeness (QED) is 0.277. The molecule has 2 heterocycles. The van der Waals surface area contributed by atoms with E-state index in [1.165, 1.54) is 24.0 Å². The Labute approximate surface area is 196 Å².